The van der Waals surface area contributed by atoms with Crippen molar-refractivity contribution in [2.45, 2.75) is 6.54 Å². The van der Waals surface area contributed by atoms with Crippen LogP contribution in [0.5, 0.6) is 5.88 Å². The third-order valence-corrected chi connectivity index (χ3v) is 4.94. The number of hydrogen-bond acceptors (Lipinski definition) is 6. The molecule has 5 rings (SSSR count). The summed E-state index contributed by atoms with van der Waals surface area (Å²) >= 11 is 0. The Morgan fingerprint density at radius 3 is 2.53 bits per heavy atom. The van der Waals surface area contributed by atoms with Crippen molar-refractivity contribution in [2.75, 3.05) is 0 Å². The maximum absolute atomic E-state index is 13.5. The zero-order valence-electron chi connectivity index (χ0n) is 16.4. The smallest absolute Gasteiger partial charge is 0.338 e. The van der Waals surface area contributed by atoms with E-state index >= 15 is 0 Å². The lowest BCUT2D eigenvalue weighted by molar-refractivity contribution is 0.0697. The minimum atomic E-state index is -1.13. The van der Waals surface area contributed by atoms with E-state index in [1.807, 2.05) is 30.3 Å². The first kappa shape index (κ1) is 19.4. The van der Waals surface area contributed by atoms with Gasteiger partial charge in [0.15, 0.2) is 0 Å². The topological polar surface area (TPSA) is 119 Å². The van der Waals surface area contributed by atoms with Gasteiger partial charge in [0.2, 0.25) is 5.88 Å². The number of hydrogen-bond donors (Lipinski definition) is 2. The number of benzene rings is 2. The average molecular weight is 430 g/mol. The molecule has 0 radical (unpaired) electrons. The first-order valence-corrected chi connectivity index (χ1v) is 9.54. The van der Waals surface area contributed by atoms with E-state index in [1.54, 1.807) is 10.7 Å². The maximum atomic E-state index is 13.5. The van der Waals surface area contributed by atoms with Crippen molar-refractivity contribution in [3.63, 3.8) is 0 Å². The fraction of sp³-hybridized carbons (Fsp3) is 0.0455. The first-order valence-electron chi connectivity index (χ1n) is 9.54. The van der Waals surface area contributed by atoms with Crippen LogP contribution >= 0.6 is 0 Å². The maximum Gasteiger partial charge on any atom is 0.338 e. The summed E-state index contributed by atoms with van der Waals surface area (Å²) in [5.41, 5.74) is 3.28. The van der Waals surface area contributed by atoms with E-state index in [1.165, 1.54) is 35.4 Å². The second-order valence-electron chi connectivity index (χ2n) is 7.07. The molecule has 0 aliphatic heterocycles. The molecular formula is C22H15FN6O3. The van der Waals surface area contributed by atoms with Gasteiger partial charge < -0.3 is 10.2 Å². The van der Waals surface area contributed by atoms with E-state index in [0.717, 1.165) is 16.7 Å². The van der Waals surface area contributed by atoms with Gasteiger partial charge in [0.25, 0.3) is 5.95 Å². The van der Waals surface area contributed by atoms with Crippen LogP contribution in [0.2, 0.25) is 0 Å². The average Bonchev–Trinajstić information content (AvgIpc) is 3.42. The predicted molar refractivity (Wildman–Crippen MR) is 112 cm³/mol. The second kappa shape index (κ2) is 7.58. The molecule has 0 fully saturated rings. The molecule has 0 spiro atoms. The largest absolute Gasteiger partial charge is 0.492 e. The zero-order chi connectivity index (χ0) is 22.2. The van der Waals surface area contributed by atoms with Gasteiger partial charge in [0.05, 0.1) is 24.5 Å². The van der Waals surface area contributed by atoms with Crippen LogP contribution in [0.15, 0.2) is 67.1 Å². The summed E-state index contributed by atoms with van der Waals surface area (Å²) in [5.74, 6) is -1.69. The Bertz CT molecular complexity index is 1460. The molecule has 0 aliphatic rings. The molecule has 10 heteroatoms. The Labute approximate surface area is 180 Å². The SMILES string of the molecule is O=C(O)c1cnn(-c2nc(O)c3c(cnn3Cc3ccc(-c4cccc(F)c4)cc3)n2)c1. The minimum absolute atomic E-state index is 0.0226. The molecule has 0 amide bonds. The van der Waals surface area contributed by atoms with E-state index in [2.05, 4.69) is 20.2 Å². The highest BCUT2D eigenvalue weighted by Crippen LogP contribution is 2.24. The number of halogens is 1. The molecule has 9 nitrogen and oxygen atoms in total. The van der Waals surface area contributed by atoms with Crippen LogP contribution in [-0.2, 0) is 6.54 Å². The standard InChI is InChI=1S/C22H15FN6O3/c23-17-3-1-2-15(8-17)14-6-4-13(5-7-14)11-28-19-18(10-25-28)26-22(27-20(19)30)29-12-16(9-24-29)21(31)32/h1-10,12H,11H2,(H,31,32)(H,26,27,30). The fourth-order valence-electron chi connectivity index (χ4n) is 3.38. The van der Waals surface area contributed by atoms with Gasteiger partial charge in [-0.25, -0.2) is 18.9 Å². The highest BCUT2D eigenvalue weighted by Gasteiger charge is 2.16. The van der Waals surface area contributed by atoms with E-state index < -0.39 is 5.97 Å². The number of fused-ring (bicyclic) bond motifs is 1. The molecule has 158 valence electrons. The molecule has 0 bridgehead atoms. The van der Waals surface area contributed by atoms with Crippen molar-refractivity contribution in [3.8, 4) is 23.0 Å². The molecule has 0 atom stereocenters. The lowest BCUT2D eigenvalue weighted by Gasteiger charge is -2.07. The van der Waals surface area contributed by atoms with Crippen molar-refractivity contribution >= 4 is 17.0 Å². The Morgan fingerprint density at radius 1 is 1.00 bits per heavy atom. The van der Waals surface area contributed by atoms with Gasteiger partial charge in [-0.05, 0) is 28.8 Å². The van der Waals surface area contributed by atoms with Gasteiger partial charge in [-0.15, -0.1) is 0 Å². The van der Waals surface area contributed by atoms with Gasteiger partial charge in [-0.3, -0.25) is 4.68 Å². The molecule has 2 aromatic carbocycles. The molecule has 0 unspecified atom stereocenters. The summed E-state index contributed by atoms with van der Waals surface area (Å²) in [7, 11) is 0. The monoisotopic (exact) mass is 430 g/mol. The Morgan fingerprint density at radius 2 is 1.81 bits per heavy atom. The van der Waals surface area contributed by atoms with Crippen LogP contribution in [-0.4, -0.2) is 45.7 Å². The van der Waals surface area contributed by atoms with Crippen LogP contribution in [0.25, 0.3) is 28.1 Å². The number of aromatic hydroxyl groups is 1. The van der Waals surface area contributed by atoms with Crippen molar-refractivity contribution in [3.05, 3.63) is 84.1 Å². The van der Waals surface area contributed by atoms with Crippen LogP contribution in [0.1, 0.15) is 15.9 Å². The highest BCUT2D eigenvalue weighted by molar-refractivity contribution is 5.87. The normalized spacial score (nSPS) is 11.2. The van der Waals surface area contributed by atoms with E-state index in [9.17, 15) is 14.3 Å². The molecule has 0 saturated heterocycles. The minimum Gasteiger partial charge on any atom is -0.492 e. The van der Waals surface area contributed by atoms with Crippen molar-refractivity contribution < 1.29 is 19.4 Å². The lowest BCUT2D eigenvalue weighted by atomic mass is 10.0. The predicted octanol–water partition coefficient (Wildman–Crippen LogP) is 3.27. The molecule has 2 N–H and O–H groups in total. The quantitative estimate of drug-likeness (QED) is 0.439. The first-order chi connectivity index (χ1) is 15.5. The molecule has 3 aromatic heterocycles. The van der Waals surface area contributed by atoms with Gasteiger partial charge in [0.1, 0.15) is 16.9 Å². The third kappa shape index (κ3) is 3.54. The Hall–Kier alpha value is -4.60. The van der Waals surface area contributed by atoms with Gasteiger partial charge in [-0.1, -0.05) is 36.4 Å². The molecule has 5 aromatic rings. The highest BCUT2D eigenvalue weighted by atomic mass is 19.1. The molecule has 0 saturated carbocycles. The van der Waals surface area contributed by atoms with Crippen LogP contribution in [0.3, 0.4) is 0 Å². The molecule has 3 heterocycles. The van der Waals surface area contributed by atoms with E-state index in [4.69, 9.17) is 5.11 Å². The number of aromatic carboxylic acids is 1. The third-order valence-electron chi connectivity index (χ3n) is 4.94. The molecule has 32 heavy (non-hydrogen) atoms. The summed E-state index contributed by atoms with van der Waals surface area (Å²) in [6, 6.07) is 14.0. The zero-order valence-corrected chi connectivity index (χ0v) is 16.4. The Balaban J connectivity index is 1.43. The van der Waals surface area contributed by atoms with Crippen LogP contribution in [0.4, 0.5) is 4.39 Å². The van der Waals surface area contributed by atoms with Crippen LogP contribution in [0, 0.1) is 5.82 Å². The summed E-state index contributed by atoms with van der Waals surface area (Å²) < 4.78 is 16.2. The summed E-state index contributed by atoms with van der Waals surface area (Å²) in [6.45, 7) is 0.355. The van der Waals surface area contributed by atoms with Gasteiger partial charge >= 0.3 is 5.97 Å². The van der Waals surface area contributed by atoms with Gasteiger partial charge in [0, 0.05) is 6.20 Å². The van der Waals surface area contributed by atoms with Crippen molar-refractivity contribution in [1.82, 2.24) is 29.5 Å². The molecule has 0 aliphatic carbocycles. The van der Waals surface area contributed by atoms with E-state index in [-0.39, 0.29) is 23.2 Å². The van der Waals surface area contributed by atoms with Crippen molar-refractivity contribution in [1.29, 1.82) is 0 Å². The number of rotatable bonds is 5. The summed E-state index contributed by atoms with van der Waals surface area (Å²) in [6.07, 6.45) is 3.92. The number of aromatic nitrogens is 6. The van der Waals surface area contributed by atoms with E-state index in [0.29, 0.717) is 17.6 Å². The Kier molecular flexibility index (Phi) is 4.59. The number of carboxylic acid groups (broad SMARTS) is 1. The van der Waals surface area contributed by atoms with Crippen molar-refractivity contribution in [2.24, 2.45) is 0 Å². The fourth-order valence-corrected chi connectivity index (χ4v) is 3.38. The lowest BCUT2D eigenvalue weighted by Crippen LogP contribution is -2.05. The number of nitrogens with zero attached hydrogens (tertiary/aromatic N) is 6. The number of carboxylic acids is 1. The number of carbonyl (C=O) groups is 1. The summed E-state index contributed by atoms with van der Waals surface area (Å²) in [4.78, 5) is 19.4. The van der Waals surface area contributed by atoms with Crippen LogP contribution < -0.4 is 0 Å². The second-order valence-corrected chi connectivity index (χ2v) is 7.07. The van der Waals surface area contributed by atoms with Gasteiger partial charge in [-0.2, -0.15) is 15.2 Å². The molecular weight excluding hydrogens is 415 g/mol. The summed E-state index contributed by atoms with van der Waals surface area (Å²) in [5, 5.41) is 27.7.